The maximum atomic E-state index is 5.75. The lowest BCUT2D eigenvalue weighted by Gasteiger charge is -2.46. The number of likely N-dealkylation sites (N-methyl/N-ethyl adjacent to an activating group) is 1. The first kappa shape index (κ1) is 12.3. The summed E-state index contributed by atoms with van der Waals surface area (Å²) in [4.78, 5) is 9.16. The second kappa shape index (κ2) is 4.63. The van der Waals surface area contributed by atoms with E-state index < -0.39 is 0 Å². The van der Waals surface area contributed by atoms with Gasteiger partial charge in [-0.3, -0.25) is 9.88 Å². The molecular weight excluding hydrogens is 212 g/mol. The zero-order valence-electron chi connectivity index (χ0n) is 11.0. The van der Waals surface area contributed by atoms with Gasteiger partial charge in [-0.15, -0.1) is 0 Å². The highest BCUT2D eigenvalue weighted by Crippen LogP contribution is 2.25. The highest BCUT2D eigenvalue weighted by atomic mass is 15.3. The average Bonchev–Trinajstić information content (AvgIpc) is 2.32. The third kappa shape index (κ3) is 2.42. The zero-order chi connectivity index (χ0) is 12.5. The Morgan fingerprint density at radius 2 is 2.18 bits per heavy atom. The van der Waals surface area contributed by atoms with Crippen LogP contribution < -0.4 is 10.6 Å². The molecule has 0 aromatic carbocycles. The molecular formula is C13H22N4. The van der Waals surface area contributed by atoms with Crippen LogP contribution in [0.2, 0.25) is 0 Å². The third-order valence-corrected chi connectivity index (χ3v) is 3.72. The lowest BCUT2D eigenvalue weighted by Crippen LogP contribution is -2.57. The van der Waals surface area contributed by atoms with Crippen molar-refractivity contribution in [3.63, 3.8) is 0 Å². The van der Waals surface area contributed by atoms with E-state index in [1.807, 2.05) is 12.3 Å². The van der Waals surface area contributed by atoms with Crippen molar-refractivity contribution in [3.05, 3.63) is 24.0 Å². The van der Waals surface area contributed by atoms with Crippen LogP contribution >= 0.6 is 0 Å². The Bertz CT molecular complexity index is 389. The normalized spacial score (nSPS) is 20.6. The Kier molecular flexibility index (Phi) is 3.35. The molecule has 0 amide bonds. The molecule has 1 aliphatic rings. The van der Waals surface area contributed by atoms with Gasteiger partial charge >= 0.3 is 0 Å². The van der Waals surface area contributed by atoms with Gasteiger partial charge in [0, 0.05) is 37.9 Å². The summed E-state index contributed by atoms with van der Waals surface area (Å²) >= 11 is 0. The first-order chi connectivity index (χ1) is 8.04. The Morgan fingerprint density at radius 3 is 2.82 bits per heavy atom. The molecule has 1 saturated heterocycles. The maximum Gasteiger partial charge on any atom is 0.0772 e. The van der Waals surface area contributed by atoms with Gasteiger partial charge < -0.3 is 10.6 Å². The minimum Gasteiger partial charge on any atom is -0.367 e. The van der Waals surface area contributed by atoms with Gasteiger partial charge in [0.05, 0.1) is 11.4 Å². The number of aromatic nitrogens is 1. The first-order valence-corrected chi connectivity index (χ1v) is 6.15. The molecule has 0 bridgehead atoms. The van der Waals surface area contributed by atoms with Crippen LogP contribution in [0.5, 0.6) is 0 Å². The molecule has 0 radical (unpaired) electrons. The third-order valence-electron chi connectivity index (χ3n) is 3.72. The molecule has 4 nitrogen and oxygen atoms in total. The first-order valence-electron chi connectivity index (χ1n) is 6.15. The van der Waals surface area contributed by atoms with Gasteiger partial charge in [0.15, 0.2) is 0 Å². The lowest BCUT2D eigenvalue weighted by molar-refractivity contribution is 0.138. The van der Waals surface area contributed by atoms with Gasteiger partial charge in [0.25, 0.3) is 0 Å². The van der Waals surface area contributed by atoms with Crippen LogP contribution in [0.15, 0.2) is 18.3 Å². The van der Waals surface area contributed by atoms with E-state index in [4.69, 9.17) is 5.73 Å². The quantitative estimate of drug-likeness (QED) is 0.831. The summed E-state index contributed by atoms with van der Waals surface area (Å²) in [7, 11) is 2.18. The van der Waals surface area contributed by atoms with E-state index in [2.05, 4.69) is 41.7 Å². The topological polar surface area (TPSA) is 45.4 Å². The average molecular weight is 234 g/mol. The van der Waals surface area contributed by atoms with Crippen LogP contribution in [0.3, 0.4) is 0 Å². The second-order valence-electron chi connectivity index (χ2n) is 5.33. The summed E-state index contributed by atoms with van der Waals surface area (Å²) in [5, 5.41) is 0. The van der Waals surface area contributed by atoms with E-state index in [1.165, 1.54) is 5.69 Å². The fourth-order valence-electron chi connectivity index (χ4n) is 2.32. The van der Waals surface area contributed by atoms with Crippen molar-refractivity contribution < 1.29 is 0 Å². The van der Waals surface area contributed by atoms with Gasteiger partial charge in [-0.1, -0.05) is 0 Å². The minimum absolute atomic E-state index is 0.194. The van der Waals surface area contributed by atoms with E-state index in [9.17, 15) is 0 Å². The van der Waals surface area contributed by atoms with E-state index >= 15 is 0 Å². The van der Waals surface area contributed by atoms with Gasteiger partial charge in [-0.2, -0.15) is 0 Å². The summed E-state index contributed by atoms with van der Waals surface area (Å²) in [5.74, 6) is 0. The van der Waals surface area contributed by atoms with E-state index in [0.717, 1.165) is 25.3 Å². The lowest BCUT2D eigenvalue weighted by atomic mass is 9.99. The summed E-state index contributed by atoms with van der Waals surface area (Å²) in [6.07, 6.45) is 1.81. The predicted molar refractivity (Wildman–Crippen MR) is 71.1 cm³/mol. The standard InChI is InChI=1S/C13H22N4/c1-13(2)10-17(8-7-16(13)3)12-5-4-6-15-11(12)9-14/h4-6H,7-10,14H2,1-3H3. The Balaban J connectivity index is 2.23. The summed E-state index contributed by atoms with van der Waals surface area (Å²) in [6.45, 7) is 8.19. The predicted octanol–water partition coefficient (Wildman–Crippen LogP) is 1.07. The molecule has 0 unspecified atom stereocenters. The molecule has 1 aliphatic heterocycles. The van der Waals surface area contributed by atoms with Gasteiger partial charge in [-0.05, 0) is 33.0 Å². The second-order valence-corrected chi connectivity index (χ2v) is 5.33. The summed E-state index contributed by atoms with van der Waals surface area (Å²) < 4.78 is 0. The van der Waals surface area contributed by atoms with Crippen molar-refractivity contribution in [3.8, 4) is 0 Å². The van der Waals surface area contributed by atoms with Crippen LogP contribution in [0.1, 0.15) is 19.5 Å². The van der Waals surface area contributed by atoms with Crippen molar-refractivity contribution in [2.45, 2.75) is 25.9 Å². The number of hydrogen-bond acceptors (Lipinski definition) is 4. The van der Waals surface area contributed by atoms with Crippen molar-refractivity contribution in [2.75, 3.05) is 31.6 Å². The molecule has 4 heteroatoms. The molecule has 2 heterocycles. The van der Waals surface area contributed by atoms with Crippen molar-refractivity contribution in [1.29, 1.82) is 0 Å². The van der Waals surface area contributed by atoms with Gasteiger partial charge in [0.1, 0.15) is 0 Å². The molecule has 2 N–H and O–H groups in total. The van der Waals surface area contributed by atoms with Crippen LogP contribution in [0.4, 0.5) is 5.69 Å². The Morgan fingerprint density at radius 1 is 1.41 bits per heavy atom. The largest absolute Gasteiger partial charge is 0.367 e. The number of nitrogens with zero attached hydrogens (tertiary/aromatic N) is 3. The Labute approximate surface area is 103 Å². The minimum atomic E-state index is 0.194. The highest BCUT2D eigenvalue weighted by Gasteiger charge is 2.31. The maximum absolute atomic E-state index is 5.75. The molecule has 1 aromatic heterocycles. The van der Waals surface area contributed by atoms with Crippen molar-refractivity contribution in [2.24, 2.45) is 5.73 Å². The van der Waals surface area contributed by atoms with E-state index in [-0.39, 0.29) is 5.54 Å². The number of pyridine rings is 1. The van der Waals surface area contributed by atoms with Gasteiger partial charge in [-0.25, -0.2) is 0 Å². The van der Waals surface area contributed by atoms with E-state index in [1.54, 1.807) is 0 Å². The summed E-state index contributed by atoms with van der Waals surface area (Å²) in [5.41, 5.74) is 8.13. The SMILES string of the molecule is CN1CCN(c2cccnc2CN)CC1(C)C. The van der Waals surface area contributed by atoms with Gasteiger partial charge in [0.2, 0.25) is 0 Å². The summed E-state index contributed by atoms with van der Waals surface area (Å²) in [6, 6.07) is 4.11. The van der Waals surface area contributed by atoms with E-state index in [0.29, 0.717) is 6.54 Å². The number of anilines is 1. The number of hydrogen-bond donors (Lipinski definition) is 1. The fraction of sp³-hybridized carbons (Fsp3) is 0.615. The van der Waals surface area contributed by atoms with Crippen LogP contribution in [-0.4, -0.2) is 42.1 Å². The molecule has 0 atom stereocenters. The molecule has 0 saturated carbocycles. The smallest absolute Gasteiger partial charge is 0.0772 e. The Hall–Kier alpha value is -1.13. The molecule has 17 heavy (non-hydrogen) atoms. The fourth-order valence-corrected chi connectivity index (χ4v) is 2.32. The van der Waals surface area contributed by atoms with Crippen molar-refractivity contribution in [1.82, 2.24) is 9.88 Å². The molecule has 0 spiro atoms. The molecule has 94 valence electrons. The number of nitrogens with two attached hydrogens (primary N) is 1. The molecule has 1 aromatic rings. The van der Waals surface area contributed by atoms with Crippen LogP contribution in [0, 0.1) is 0 Å². The zero-order valence-corrected chi connectivity index (χ0v) is 11.0. The van der Waals surface area contributed by atoms with Crippen LogP contribution in [0.25, 0.3) is 0 Å². The monoisotopic (exact) mass is 234 g/mol. The number of piperazine rings is 1. The van der Waals surface area contributed by atoms with Crippen molar-refractivity contribution >= 4 is 5.69 Å². The van der Waals surface area contributed by atoms with Crippen LogP contribution in [-0.2, 0) is 6.54 Å². The number of rotatable bonds is 2. The highest BCUT2D eigenvalue weighted by molar-refractivity contribution is 5.51. The molecule has 2 rings (SSSR count). The molecule has 0 aliphatic carbocycles. The molecule has 1 fully saturated rings.